The molecule has 0 bridgehead atoms. The molecule has 1 N–H and O–H groups in total. The van der Waals surface area contributed by atoms with Gasteiger partial charge in [0.1, 0.15) is 5.60 Å². The van der Waals surface area contributed by atoms with Gasteiger partial charge < -0.3 is 10.1 Å². The Hall–Kier alpha value is -1.69. The largest absolute Gasteiger partial charge is 0.444 e. The highest BCUT2D eigenvalue weighted by molar-refractivity contribution is 5.68. The summed E-state index contributed by atoms with van der Waals surface area (Å²) < 4.78 is 5.15. The number of ether oxygens (including phenoxy) is 1. The van der Waals surface area contributed by atoms with Crippen molar-refractivity contribution >= 4 is 6.09 Å². The second kappa shape index (κ2) is 4.89. The summed E-state index contributed by atoms with van der Waals surface area (Å²) in [6.07, 6.45) is 11.2. The summed E-state index contributed by atoms with van der Waals surface area (Å²) in [5.74, 6) is 2.55. The van der Waals surface area contributed by atoms with Gasteiger partial charge in [0.2, 0.25) is 0 Å². The normalized spacial score (nSPS) is 19.6. The lowest BCUT2D eigenvalue weighted by molar-refractivity contribution is 0.0514. The second-order valence-electron chi connectivity index (χ2n) is 4.65. The van der Waals surface area contributed by atoms with Crippen LogP contribution in [0.2, 0.25) is 0 Å². The molecule has 0 heterocycles. The van der Waals surface area contributed by atoms with Crippen LogP contribution >= 0.6 is 0 Å². The molecule has 1 atom stereocenters. The quantitative estimate of drug-likeness (QED) is 0.688. The van der Waals surface area contributed by atoms with Crippen molar-refractivity contribution in [2.75, 3.05) is 0 Å². The summed E-state index contributed by atoms with van der Waals surface area (Å²) >= 11 is 0. The van der Waals surface area contributed by atoms with Gasteiger partial charge in [-0.2, -0.15) is 0 Å². The molecule has 86 valence electrons. The molecular weight excluding hydrogens is 202 g/mol. The Kier molecular flexibility index (Phi) is 3.78. The van der Waals surface area contributed by atoms with E-state index in [-0.39, 0.29) is 6.04 Å². The number of carbonyl (C=O) groups is 1. The lowest BCUT2D eigenvalue weighted by Gasteiger charge is -2.22. The number of rotatable bonds is 1. The molecule has 1 unspecified atom stereocenters. The van der Waals surface area contributed by atoms with Crippen molar-refractivity contribution in [3.05, 3.63) is 23.8 Å². The van der Waals surface area contributed by atoms with Crippen LogP contribution in [0.4, 0.5) is 4.79 Å². The standard InChI is InChI=1S/C13H17NO2/c1-5-10-6-8-11(9-7-10)14-12(15)16-13(2,3)4/h1,6-8,11H,9H2,2-4H3,(H,14,15). The van der Waals surface area contributed by atoms with Crippen LogP contribution in [0.3, 0.4) is 0 Å². The zero-order valence-corrected chi connectivity index (χ0v) is 9.91. The predicted octanol–water partition coefficient (Wildman–Crippen LogP) is 2.40. The second-order valence-corrected chi connectivity index (χ2v) is 4.65. The van der Waals surface area contributed by atoms with Crippen LogP contribution in [0.15, 0.2) is 23.8 Å². The lowest BCUT2D eigenvalue weighted by atomic mass is 10.0. The molecule has 1 aliphatic rings. The van der Waals surface area contributed by atoms with Gasteiger partial charge in [-0.15, -0.1) is 6.42 Å². The van der Waals surface area contributed by atoms with E-state index in [4.69, 9.17) is 11.2 Å². The van der Waals surface area contributed by atoms with Crippen molar-refractivity contribution in [2.45, 2.75) is 38.8 Å². The zero-order valence-electron chi connectivity index (χ0n) is 9.91. The number of hydrogen-bond donors (Lipinski definition) is 1. The summed E-state index contributed by atoms with van der Waals surface area (Å²) in [6, 6.07) is -0.0352. The number of allylic oxidation sites excluding steroid dienone is 2. The monoisotopic (exact) mass is 219 g/mol. The van der Waals surface area contributed by atoms with E-state index in [0.717, 1.165) is 5.57 Å². The van der Waals surface area contributed by atoms with E-state index in [1.165, 1.54) is 0 Å². The fraction of sp³-hybridized carbons (Fsp3) is 0.462. The van der Waals surface area contributed by atoms with Crippen molar-refractivity contribution in [2.24, 2.45) is 0 Å². The van der Waals surface area contributed by atoms with E-state index < -0.39 is 11.7 Å². The summed E-state index contributed by atoms with van der Waals surface area (Å²) in [4.78, 5) is 11.4. The maximum Gasteiger partial charge on any atom is 0.408 e. The van der Waals surface area contributed by atoms with E-state index in [0.29, 0.717) is 6.42 Å². The van der Waals surface area contributed by atoms with Crippen LogP contribution in [0, 0.1) is 12.3 Å². The highest BCUT2D eigenvalue weighted by Crippen LogP contribution is 2.11. The number of alkyl carbamates (subject to hydrolysis) is 1. The Balaban J connectivity index is 2.42. The first-order valence-corrected chi connectivity index (χ1v) is 5.25. The number of amides is 1. The average Bonchev–Trinajstić information content (AvgIpc) is 2.16. The molecule has 3 heteroatoms. The number of nitrogens with one attached hydrogen (secondary N) is 1. The van der Waals surface area contributed by atoms with Gasteiger partial charge in [-0.3, -0.25) is 0 Å². The molecule has 1 aliphatic carbocycles. The molecule has 0 aliphatic heterocycles. The molecule has 0 aromatic heterocycles. The van der Waals surface area contributed by atoms with E-state index in [1.807, 2.05) is 39.0 Å². The van der Waals surface area contributed by atoms with Gasteiger partial charge in [0, 0.05) is 5.57 Å². The summed E-state index contributed by atoms with van der Waals surface area (Å²) in [7, 11) is 0. The minimum Gasteiger partial charge on any atom is -0.444 e. The van der Waals surface area contributed by atoms with Gasteiger partial charge in [0.15, 0.2) is 0 Å². The smallest absolute Gasteiger partial charge is 0.408 e. The summed E-state index contributed by atoms with van der Waals surface area (Å²) in [5.41, 5.74) is 0.379. The van der Waals surface area contributed by atoms with Crippen LogP contribution in [0.1, 0.15) is 27.2 Å². The molecule has 0 spiro atoms. The van der Waals surface area contributed by atoms with Crippen molar-refractivity contribution in [3.8, 4) is 12.3 Å². The molecule has 0 aromatic rings. The van der Waals surface area contributed by atoms with Gasteiger partial charge in [-0.25, -0.2) is 4.79 Å². The van der Waals surface area contributed by atoms with Crippen LogP contribution in [-0.2, 0) is 4.74 Å². The summed E-state index contributed by atoms with van der Waals surface area (Å²) in [6.45, 7) is 5.50. The van der Waals surface area contributed by atoms with E-state index >= 15 is 0 Å². The highest BCUT2D eigenvalue weighted by atomic mass is 16.6. The van der Waals surface area contributed by atoms with Crippen molar-refractivity contribution < 1.29 is 9.53 Å². The Labute approximate surface area is 96.6 Å². The Morgan fingerprint density at radius 3 is 2.75 bits per heavy atom. The SMILES string of the molecule is C#CC1=CCC(NC(=O)OC(C)(C)C)C=C1. The van der Waals surface area contributed by atoms with E-state index in [1.54, 1.807) is 0 Å². The molecule has 0 aromatic carbocycles. The first-order valence-electron chi connectivity index (χ1n) is 5.25. The van der Waals surface area contributed by atoms with Gasteiger partial charge in [-0.1, -0.05) is 18.1 Å². The van der Waals surface area contributed by atoms with Crippen LogP contribution in [0.25, 0.3) is 0 Å². The number of hydrogen-bond acceptors (Lipinski definition) is 2. The lowest BCUT2D eigenvalue weighted by Crippen LogP contribution is -2.38. The van der Waals surface area contributed by atoms with E-state index in [2.05, 4.69) is 11.2 Å². The van der Waals surface area contributed by atoms with Crippen molar-refractivity contribution in [3.63, 3.8) is 0 Å². The maximum absolute atomic E-state index is 11.4. The molecule has 0 saturated carbocycles. The van der Waals surface area contributed by atoms with Gasteiger partial charge in [0.25, 0.3) is 0 Å². The van der Waals surface area contributed by atoms with Crippen molar-refractivity contribution in [1.29, 1.82) is 0 Å². The van der Waals surface area contributed by atoms with Gasteiger partial charge in [0.05, 0.1) is 6.04 Å². The predicted molar refractivity (Wildman–Crippen MR) is 63.8 cm³/mol. The molecule has 0 radical (unpaired) electrons. The van der Waals surface area contributed by atoms with Crippen molar-refractivity contribution in [1.82, 2.24) is 5.32 Å². The molecular formula is C13H17NO2. The first-order chi connectivity index (χ1) is 7.40. The third kappa shape index (κ3) is 4.22. The third-order valence-electron chi connectivity index (χ3n) is 1.97. The Morgan fingerprint density at radius 1 is 1.62 bits per heavy atom. The number of terminal acetylenes is 1. The highest BCUT2D eigenvalue weighted by Gasteiger charge is 2.18. The van der Waals surface area contributed by atoms with Gasteiger partial charge in [-0.05, 0) is 33.3 Å². The van der Waals surface area contributed by atoms with Crippen LogP contribution < -0.4 is 5.32 Å². The minimum atomic E-state index is -0.470. The molecule has 1 rings (SSSR count). The molecule has 0 fully saturated rings. The zero-order chi connectivity index (χ0) is 12.2. The molecule has 1 amide bonds. The third-order valence-corrected chi connectivity index (χ3v) is 1.97. The number of carbonyl (C=O) groups excluding carboxylic acids is 1. The maximum atomic E-state index is 11.4. The summed E-state index contributed by atoms with van der Waals surface area (Å²) in [5, 5.41) is 2.76. The van der Waals surface area contributed by atoms with Crippen LogP contribution in [-0.4, -0.2) is 17.7 Å². The Morgan fingerprint density at radius 2 is 2.31 bits per heavy atom. The minimum absolute atomic E-state index is 0.0352. The van der Waals surface area contributed by atoms with Crippen LogP contribution in [0.5, 0.6) is 0 Å². The first kappa shape index (κ1) is 12.4. The molecule has 3 nitrogen and oxygen atoms in total. The average molecular weight is 219 g/mol. The van der Waals surface area contributed by atoms with E-state index in [9.17, 15) is 4.79 Å². The molecule has 16 heavy (non-hydrogen) atoms. The van der Waals surface area contributed by atoms with Gasteiger partial charge >= 0.3 is 6.09 Å². The molecule has 0 saturated heterocycles. The topological polar surface area (TPSA) is 38.3 Å². The fourth-order valence-corrected chi connectivity index (χ4v) is 1.29. The fourth-order valence-electron chi connectivity index (χ4n) is 1.29. The Bertz CT molecular complexity index is 366.